The fraction of sp³-hybridized carbons (Fsp3) is 0.333. The minimum atomic E-state index is -4.40. The summed E-state index contributed by atoms with van der Waals surface area (Å²) in [6, 6.07) is 11.4. The smallest absolute Gasteiger partial charge is 0.272 e. The number of nitro groups is 1. The van der Waals surface area contributed by atoms with Crippen LogP contribution in [0.25, 0.3) is 0 Å². The van der Waals surface area contributed by atoms with Gasteiger partial charge in [-0.05, 0) is 17.5 Å². The van der Waals surface area contributed by atoms with Gasteiger partial charge in [0.1, 0.15) is 12.1 Å². The van der Waals surface area contributed by atoms with Crippen LogP contribution in [-0.4, -0.2) is 65.4 Å². The van der Waals surface area contributed by atoms with E-state index < -0.39 is 38.8 Å². The van der Waals surface area contributed by atoms with E-state index in [1.807, 2.05) is 30.3 Å². The second kappa shape index (κ2) is 9.05. The van der Waals surface area contributed by atoms with Crippen LogP contribution in [0.3, 0.4) is 0 Å². The van der Waals surface area contributed by atoms with E-state index in [9.17, 15) is 28.1 Å². The summed E-state index contributed by atoms with van der Waals surface area (Å²) < 4.78 is 31.7. The molecule has 3 rings (SSSR count). The summed E-state index contributed by atoms with van der Waals surface area (Å²) in [5.74, 6) is -1.54. The van der Waals surface area contributed by atoms with Gasteiger partial charge in [0, 0.05) is 32.1 Å². The molecule has 11 heteroatoms. The first-order chi connectivity index (χ1) is 15.0. The van der Waals surface area contributed by atoms with Gasteiger partial charge < -0.3 is 9.80 Å². The normalized spacial score (nSPS) is 19.3. The molecule has 0 spiro atoms. The van der Waals surface area contributed by atoms with Crippen molar-refractivity contribution in [1.82, 2.24) is 9.80 Å². The molecule has 170 valence electrons. The summed E-state index contributed by atoms with van der Waals surface area (Å²) in [5.41, 5.74) is 0.646. The lowest BCUT2D eigenvalue weighted by atomic mass is 9.91. The summed E-state index contributed by atoms with van der Waals surface area (Å²) in [6.07, 6.45) is -0.0716. The number of rotatable bonds is 7. The van der Waals surface area contributed by atoms with Crippen LogP contribution in [0.1, 0.15) is 22.7 Å². The van der Waals surface area contributed by atoms with E-state index >= 15 is 0 Å². The third-order valence-corrected chi connectivity index (χ3v) is 6.35. The van der Waals surface area contributed by atoms with Crippen molar-refractivity contribution in [1.29, 1.82) is 0 Å². The molecule has 1 N–H and O–H groups in total. The van der Waals surface area contributed by atoms with Crippen molar-refractivity contribution >= 4 is 27.6 Å². The van der Waals surface area contributed by atoms with E-state index in [-0.39, 0.29) is 29.1 Å². The van der Waals surface area contributed by atoms with Crippen molar-refractivity contribution in [3.8, 4) is 0 Å². The Kier molecular flexibility index (Phi) is 6.60. The molecule has 1 saturated heterocycles. The number of amides is 2. The van der Waals surface area contributed by atoms with Gasteiger partial charge in [0.05, 0.1) is 10.7 Å². The van der Waals surface area contributed by atoms with Gasteiger partial charge in [0.15, 0.2) is 0 Å². The van der Waals surface area contributed by atoms with E-state index in [1.165, 1.54) is 42.1 Å². The second-order valence-electron chi connectivity index (χ2n) is 7.64. The molecule has 0 radical (unpaired) electrons. The van der Waals surface area contributed by atoms with Gasteiger partial charge in [-0.25, -0.2) is 0 Å². The van der Waals surface area contributed by atoms with Gasteiger partial charge in [0.25, 0.3) is 15.8 Å². The highest BCUT2D eigenvalue weighted by molar-refractivity contribution is 7.85. The molecule has 10 nitrogen and oxygen atoms in total. The zero-order valence-corrected chi connectivity index (χ0v) is 18.4. The van der Waals surface area contributed by atoms with Gasteiger partial charge >= 0.3 is 0 Å². The van der Waals surface area contributed by atoms with Gasteiger partial charge in [-0.1, -0.05) is 42.5 Å². The maximum Gasteiger partial charge on any atom is 0.272 e. The number of piperazine rings is 1. The lowest BCUT2D eigenvalue weighted by Crippen LogP contribution is -2.59. The Morgan fingerprint density at radius 3 is 2.25 bits per heavy atom. The SMILES string of the molecule is CN1C(=O)C(c2cccc([N+](=O)[O-])c2CCS(=O)(=O)O)N(C)C(=O)C1Cc1ccccc1. The van der Waals surface area contributed by atoms with Crippen LogP contribution in [-0.2, 0) is 32.5 Å². The lowest BCUT2D eigenvalue weighted by Gasteiger charge is -2.42. The predicted octanol–water partition coefficient (Wildman–Crippen LogP) is 1.61. The first-order valence-electron chi connectivity index (χ1n) is 9.80. The Hall–Kier alpha value is -3.31. The number of nitrogens with zero attached hydrogens (tertiary/aromatic N) is 3. The lowest BCUT2D eigenvalue weighted by molar-refractivity contribution is -0.385. The second-order valence-corrected chi connectivity index (χ2v) is 9.22. The molecule has 1 aliphatic rings. The average molecular weight is 461 g/mol. The molecule has 2 aromatic rings. The predicted molar refractivity (Wildman–Crippen MR) is 115 cm³/mol. The maximum atomic E-state index is 13.3. The quantitative estimate of drug-likeness (QED) is 0.375. The van der Waals surface area contributed by atoms with E-state index in [2.05, 4.69) is 0 Å². The van der Waals surface area contributed by atoms with Crippen LogP contribution < -0.4 is 0 Å². The maximum absolute atomic E-state index is 13.3. The standard InChI is InChI=1S/C21H23N3O7S/c1-22-18(13-14-7-4-3-5-8-14)20(25)23(2)19(21(22)26)16-9-6-10-17(24(27)28)15(16)11-12-32(29,30)31/h3-10,18-19H,11-13H2,1-2H3,(H,29,30,31). The molecule has 1 fully saturated rings. The van der Waals surface area contributed by atoms with Crippen LogP contribution in [0.5, 0.6) is 0 Å². The first-order valence-corrected chi connectivity index (χ1v) is 11.4. The number of carbonyl (C=O) groups is 2. The van der Waals surface area contributed by atoms with Gasteiger partial charge in [-0.2, -0.15) is 8.42 Å². The van der Waals surface area contributed by atoms with E-state index in [0.29, 0.717) is 6.42 Å². The third kappa shape index (κ3) is 4.78. The highest BCUT2D eigenvalue weighted by Gasteiger charge is 2.44. The van der Waals surface area contributed by atoms with Crippen molar-refractivity contribution < 1.29 is 27.5 Å². The Morgan fingerprint density at radius 2 is 1.66 bits per heavy atom. The molecule has 32 heavy (non-hydrogen) atoms. The minimum absolute atomic E-state index is 0.0111. The fourth-order valence-corrected chi connectivity index (χ4v) is 4.43. The summed E-state index contributed by atoms with van der Waals surface area (Å²) in [6.45, 7) is 0. The highest BCUT2D eigenvalue weighted by atomic mass is 32.2. The Bertz CT molecular complexity index is 1150. The van der Waals surface area contributed by atoms with Crippen LogP contribution in [0, 0.1) is 10.1 Å². The monoisotopic (exact) mass is 461 g/mol. The number of nitro benzene ring substituents is 1. The Labute approximate surface area is 185 Å². The number of likely N-dealkylation sites (N-methyl/N-ethyl adjacent to an activating group) is 2. The van der Waals surface area contributed by atoms with Crippen molar-refractivity contribution in [2.75, 3.05) is 19.8 Å². The molecule has 0 bridgehead atoms. The molecule has 0 aliphatic carbocycles. The zero-order chi connectivity index (χ0) is 23.6. The molecule has 1 aliphatic heterocycles. The van der Waals surface area contributed by atoms with E-state index in [4.69, 9.17) is 4.55 Å². The molecule has 2 aromatic carbocycles. The topological polar surface area (TPSA) is 138 Å². The molecule has 0 saturated carbocycles. The van der Waals surface area contributed by atoms with Crippen molar-refractivity contribution in [2.24, 2.45) is 0 Å². The number of benzene rings is 2. The molecular weight excluding hydrogens is 438 g/mol. The molecular formula is C21H23N3O7S. The zero-order valence-electron chi connectivity index (χ0n) is 17.5. The van der Waals surface area contributed by atoms with Crippen molar-refractivity contribution in [3.05, 3.63) is 75.3 Å². The molecule has 2 atom stereocenters. The number of hydrogen-bond donors (Lipinski definition) is 1. The number of hydrogen-bond acceptors (Lipinski definition) is 6. The van der Waals surface area contributed by atoms with Crippen LogP contribution in [0.4, 0.5) is 5.69 Å². The van der Waals surface area contributed by atoms with Gasteiger partial charge in [-0.15, -0.1) is 0 Å². The van der Waals surface area contributed by atoms with Crippen LogP contribution >= 0.6 is 0 Å². The largest absolute Gasteiger partial charge is 0.331 e. The van der Waals surface area contributed by atoms with Crippen LogP contribution in [0.15, 0.2) is 48.5 Å². The number of carbonyl (C=O) groups excluding carboxylic acids is 2. The summed E-state index contributed by atoms with van der Waals surface area (Å²) in [4.78, 5) is 39.9. The third-order valence-electron chi connectivity index (χ3n) is 5.63. The minimum Gasteiger partial charge on any atom is -0.331 e. The molecule has 2 amide bonds. The fourth-order valence-electron chi connectivity index (χ4n) is 3.97. The highest BCUT2D eigenvalue weighted by Crippen LogP contribution is 2.35. The van der Waals surface area contributed by atoms with Crippen molar-refractivity contribution in [2.45, 2.75) is 24.9 Å². The average Bonchev–Trinajstić information content (AvgIpc) is 2.74. The van der Waals surface area contributed by atoms with Crippen LogP contribution in [0.2, 0.25) is 0 Å². The molecule has 0 aromatic heterocycles. The molecule has 2 unspecified atom stereocenters. The van der Waals surface area contributed by atoms with Crippen molar-refractivity contribution in [3.63, 3.8) is 0 Å². The van der Waals surface area contributed by atoms with E-state index in [1.54, 1.807) is 0 Å². The molecule has 1 heterocycles. The Balaban J connectivity index is 2.01. The summed E-state index contributed by atoms with van der Waals surface area (Å²) in [5, 5.41) is 11.5. The van der Waals surface area contributed by atoms with Gasteiger partial charge in [0.2, 0.25) is 11.8 Å². The summed E-state index contributed by atoms with van der Waals surface area (Å²) in [7, 11) is -1.45. The van der Waals surface area contributed by atoms with E-state index in [0.717, 1.165) is 5.56 Å². The summed E-state index contributed by atoms with van der Waals surface area (Å²) >= 11 is 0. The Morgan fingerprint density at radius 1 is 1.00 bits per heavy atom. The van der Waals surface area contributed by atoms with Gasteiger partial charge in [-0.3, -0.25) is 24.3 Å². The first kappa shape index (κ1) is 23.4.